The van der Waals surface area contributed by atoms with Crippen molar-refractivity contribution in [3.8, 4) is 0 Å². The van der Waals surface area contributed by atoms with Crippen LogP contribution in [0.3, 0.4) is 0 Å². The highest BCUT2D eigenvalue weighted by atomic mass is 32.2. The van der Waals surface area contributed by atoms with Crippen LogP contribution < -0.4 is 16.8 Å². The topological polar surface area (TPSA) is 123 Å². The number of benzene rings is 1. The molecule has 0 bridgehead atoms. The Kier molecular flexibility index (Phi) is 5.72. The van der Waals surface area contributed by atoms with E-state index in [4.69, 9.17) is 5.73 Å². The van der Waals surface area contributed by atoms with Crippen LogP contribution in [0.15, 0.2) is 35.5 Å². The maximum absolute atomic E-state index is 13.9. The number of carbonyl (C=O) groups excluding carboxylic acids is 1. The Morgan fingerprint density at radius 1 is 1.38 bits per heavy atom. The summed E-state index contributed by atoms with van der Waals surface area (Å²) in [6.45, 7) is 0. The summed E-state index contributed by atoms with van der Waals surface area (Å²) in [5, 5.41) is 11.1. The molecule has 9 heteroatoms. The molecule has 7 nitrogen and oxygen atoms in total. The van der Waals surface area contributed by atoms with E-state index in [-0.39, 0.29) is 11.3 Å². The molecule has 0 aliphatic heterocycles. The number of aromatic amines is 1. The number of hydrogen-bond donors (Lipinski definition) is 4. The maximum Gasteiger partial charge on any atom is 0.258 e. The first-order valence-electron chi connectivity index (χ1n) is 6.91. The van der Waals surface area contributed by atoms with Gasteiger partial charge < -0.3 is 16.8 Å². The van der Waals surface area contributed by atoms with Crippen molar-refractivity contribution < 1.29 is 9.18 Å². The van der Waals surface area contributed by atoms with Gasteiger partial charge >= 0.3 is 0 Å². The zero-order valence-electron chi connectivity index (χ0n) is 13.1. The van der Waals surface area contributed by atoms with Crippen molar-refractivity contribution in [2.75, 3.05) is 24.4 Å². The first-order valence-corrected chi connectivity index (χ1v) is 8.14. The lowest BCUT2D eigenvalue weighted by Crippen LogP contribution is -2.14. The molecular weight excluding hydrogens is 331 g/mol. The van der Waals surface area contributed by atoms with Gasteiger partial charge in [0.05, 0.1) is 28.5 Å². The number of H-pyrrole nitrogens is 1. The number of amides is 1. The highest BCUT2D eigenvalue weighted by Crippen LogP contribution is 2.25. The SMILES string of the molecule is CN.CSc1n[nH]c2ncc(NC(=O)c3cccc(N)c3F)cc12. The van der Waals surface area contributed by atoms with Crippen LogP contribution in [-0.4, -0.2) is 34.4 Å². The fraction of sp³-hybridized carbons (Fsp3) is 0.133. The molecule has 0 saturated carbocycles. The Morgan fingerprint density at radius 3 is 2.83 bits per heavy atom. The van der Waals surface area contributed by atoms with E-state index in [9.17, 15) is 9.18 Å². The van der Waals surface area contributed by atoms with E-state index in [0.29, 0.717) is 11.3 Å². The van der Waals surface area contributed by atoms with E-state index in [1.54, 1.807) is 6.07 Å². The van der Waals surface area contributed by atoms with Gasteiger partial charge in [0.15, 0.2) is 11.5 Å². The molecule has 0 radical (unpaired) electrons. The normalized spacial score (nSPS) is 10.2. The predicted octanol–water partition coefficient (Wildman–Crippen LogP) is 2.23. The predicted molar refractivity (Wildman–Crippen MR) is 94.5 cm³/mol. The fourth-order valence-corrected chi connectivity index (χ4v) is 2.54. The summed E-state index contributed by atoms with van der Waals surface area (Å²) in [6, 6.07) is 6.03. The van der Waals surface area contributed by atoms with Gasteiger partial charge in [0.2, 0.25) is 0 Å². The Labute approximate surface area is 142 Å². The van der Waals surface area contributed by atoms with Crippen molar-refractivity contribution in [2.45, 2.75) is 5.03 Å². The quantitative estimate of drug-likeness (QED) is 0.425. The average Bonchev–Trinajstić information content (AvgIpc) is 3.01. The second-order valence-corrected chi connectivity index (χ2v) is 5.31. The lowest BCUT2D eigenvalue weighted by molar-refractivity contribution is 0.102. The summed E-state index contributed by atoms with van der Waals surface area (Å²) >= 11 is 1.46. The van der Waals surface area contributed by atoms with Gasteiger partial charge in [-0.2, -0.15) is 5.10 Å². The summed E-state index contributed by atoms with van der Waals surface area (Å²) in [5.74, 6) is -1.32. The monoisotopic (exact) mass is 348 g/mol. The minimum absolute atomic E-state index is 0.0688. The van der Waals surface area contributed by atoms with Crippen LogP contribution in [0.2, 0.25) is 0 Å². The summed E-state index contributed by atoms with van der Waals surface area (Å²) < 4.78 is 13.9. The molecule has 2 aromatic heterocycles. The van der Waals surface area contributed by atoms with Crippen LogP contribution in [0.1, 0.15) is 10.4 Å². The molecule has 1 amide bonds. The Morgan fingerprint density at radius 2 is 2.12 bits per heavy atom. The van der Waals surface area contributed by atoms with Crippen molar-refractivity contribution in [1.29, 1.82) is 0 Å². The van der Waals surface area contributed by atoms with Crippen LogP contribution in [0, 0.1) is 5.82 Å². The highest BCUT2D eigenvalue weighted by Gasteiger charge is 2.15. The van der Waals surface area contributed by atoms with Gasteiger partial charge in [-0.15, -0.1) is 11.8 Å². The van der Waals surface area contributed by atoms with E-state index < -0.39 is 11.7 Å². The molecule has 0 atom stereocenters. The third-order valence-electron chi connectivity index (χ3n) is 3.11. The van der Waals surface area contributed by atoms with Crippen molar-refractivity contribution >= 4 is 40.1 Å². The van der Waals surface area contributed by atoms with Gasteiger partial charge in [-0.25, -0.2) is 9.37 Å². The zero-order chi connectivity index (χ0) is 17.7. The first-order chi connectivity index (χ1) is 11.6. The van der Waals surface area contributed by atoms with Gasteiger partial charge in [-0.1, -0.05) is 6.07 Å². The summed E-state index contributed by atoms with van der Waals surface area (Å²) in [7, 11) is 1.50. The van der Waals surface area contributed by atoms with Gasteiger partial charge in [-0.05, 0) is 31.5 Å². The van der Waals surface area contributed by atoms with E-state index in [1.807, 2.05) is 6.26 Å². The molecule has 2 heterocycles. The van der Waals surface area contributed by atoms with E-state index >= 15 is 0 Å². The van der Waals surface area contributed by atoms with Crippen LogP contribution in [-0.2, 0) is 0 Å². The number of nitrogen functional groups attached to an aromatic ring is 1. The third kappa shape index (κ3) is 3.47. The first kappa shape index (κ1) is 17.7. The molecule has 0 saturated heterocycles. The van der Waals surface area contributed by atoms with Gasteiger partial charge in [0.25, 0.3) is 5.91 Å². The average molecular weight is 348 g/mol. The standard InChI is InChI=1S/C14H12FN5OS.CH5N/c1-22-14-9-5-7(6-17-12(9)19-20-14)18-13(21)8-3-2-4-10(16)11(8)15;1-2/h2-6H,16H2,1H3,(H,18,21)(H,17,19,20);2H2,1H3. The Balaban J connectivity index is 0.00000100. The van der Waals surface area contributed by atoms with Crippen LogP contribution in [0.5, 0.6) is 0 Å². The summed E-state index contributed by atoms with van der Waals surface area (Å²) in [5.41, 5.74) is 10.9. The lowest BCUT2D eigenvalue weighted by Gasteiger charge is -2.07. The van der Waals surface area contributed by atoms with Crippen LogP contribution in [0.4, 0.5) is 15.8 Å². The second kappa shape index (κ2) is 7.75. The minimum Gasteiger partial charge on any atom is -0.396 e. The number of pyridine rings is 1. The van der Waals surface area contributed by atoms with Crippen LogP contribution >= 0.6 is 11.8 Å². The molecule has 3 rings (SSSR count). The largest absolute Gasteiger partial charge is 0.396 e. The summed E-state index contributed by atoms with van der Waals surface area (Å²) in [6.07, 6.45) is 3.37. The third-order valence-corrected chi connectivity index (χ3v) is 3.80. The van der Waals surface area contributed by atoms with Gasteiger partial charge in [-0.3, -0.25) is 9.89 Å². The molecule has 0 fully saturated rings. The zero-order valence-corrected chi connectivity index (χ0v) is 13.9. The van der Waals surface area contributed by atoms with E-state index in [1.165, 1.54) is 43.2 Å². The molecule has 0 unspecified atom stereocenters. The number of nitrogens with two attached hydrogens (primary N) is 2. The number of nitrogens with one attached hydrogen (secondary N) is 2. The smallest absolute Gasteiger partial charge is 0.258 e. The van der Waals surface area contributed by atoms with Gasteiger partial charge in [0, 0.05) is 0 Å². The van der Waals surface area contributed by atoms with E-state index in [0.717, 1.165) is 10.4 Å². The Bertz CT molecular complexity index is 866. The number of carbonyl (C=O) groups is 1. The highest BCUT2D eigenvalue weighted by molar-refractivity contribution is 7.98. The van der Waals surface area contributed by atoms with Crippen LogP contribution in [0.25, 0.3) is 11.0 Å². The Hall–Kier alpha value is -2.65. The van der Waals surface area contributed by atoms with Crippen molar-refractivity contribution in [3.63, 3.8) is 0 Å². The molecule has 3 aromatic rings. The molecule has 126 valence electrons. The minimum atomic E-state index is -0.734. The number of fused-ring (bicyclic) bond motifs is 1. The second-order valence-electron chi connectivity index (χ2n) is 4.52. The van der Waals surface area contributed by atoms with Crippen molar-refractivity contribution in [2.24, 2.45) is 5.73 Å². The summed E-state index contributed by atoms with van der Waals surface area (Å²) in [4.78, 5) is 16.3. The number of rotatable bonds is 3. The van der Waals surface area contributed by atoms with E-state index in [2.05, 4.69) is 26.2 Å². The number of anilines is 2. The molecule has 1 aromatic carbocycles. The molecular formula is C15H17FN6OS. The molecule has 0 aliphatic carbocycles. The maximum atomic E-state index is 13.9. The fourth-order valence-electron chi connectivity index (χ4n) is 2.03. The lowest BCUT2D eigenvalue weighted by atomic mass is 10.1. The van der Waals surface area contributed by atoms with Crippen molar-refractivity contribution in [3.05, 3.63) is 41.8 Å². The number of thioether (sulfide) groups is 1. The number of halogens is 1. The van der Waals surface area contributed by atoms with Crippen molar-refractivity contribution in [1.82, 2.24) is 15.2 Å². The molecule has 6 N–H and O–H groups in total. The number of nitrogens with zero attached hydrogens (tertiary/aromatic N) is 2. The number of hydrogen-bond acceptors (Lipinski definition) is 6. The number of aromatic nitrogens is 3. The van der Waals surface area contributed by atoms with Gasteiger partial charge in [0.1, 0.15) is 5.03 Å². The molecule has 24 heavy (non-hydrogen) atoms. The molecule has 0 aliphatic rings. The molecule has 0 spiro atoms.